The van der Waals surface area contributed by atoms with Crippen LogP contribution in [0.3, 0.4) is 0 Å². The smallest absolute Gasteiger partial charge is 0.231 e. The van der Waals surface area contributed by atoms with Crippen LogP contribution in [0.2, 0.25) is 4.47 Å². The van der Waals surface area contributed by atoms with Crippen LogP contribution in [0.4, 0.5) is 13.2 Å². The number of halogens is 4. The number of aromatic nitrogens is 3. The van der Waals surface area contributed by atoms with E-state index in [1.165, 1.54) is 0 Å². The number of nitrogens with zero attached hydrogens (tertiary/aromatic N) is 3. The lowest BCUT2D eigenvalue weighted by Gasteiger charge is -2.02. The molecular formula is C6HClF3N3S. The molecule has 0 radical (unpaired) electrons. The van der Waals surface area contributed by atoms with E-state index in [1.54, 1.807) is 0 Å². The van der Waals surface area contributed by atoms with Gasteiger partial charge in [-0.25, -0.2) is 15.0 Å². The standard InChI is InChI=1S/C6HClF3N3S/c7-5-13-3-2(14-5)1-11-4(12-3)6(8,9)10/h1H. The Morgan fingerprint density at radius 3 is 2.64 bits per heavy atom. The van der Waals surface area contributed by atoms with E-state index >= 15 is 0 Å². The van der Waals surface area contributed by atoms with Gasteiger partial charge in [-0.3, -0.25) is 0 Å². The summed E-state index contributed by atoms with van der Waals surface area (Å²) in [5, 5.41) is 0. The van der Waals surface area contributed by atoms with Crippen LogP contribution in [-0.4, -0.2) is 15.0 Å². The molecule has 2 aromatic heterocycles. The molecule has 0 aliphatic heterocycles. The number of alkyl halides is 3. The molecule has 0 saturated heterocycles. The first-order chi connectivity index (χ1) is 6.47. The van der Waals surface area contributed by atoms with Crippen molar-refractivity contribution in [2.24, 2.45) is 0 Å². The maximum atomic E-state index is 12.1. The highest BCUT2D eigenvalue weighted by molar-refractivity contribution is 7.22. The Morgan fingerprint density at radius 2 is 2.00 bits per heavy atom. The Bertz CT molecular complexity index is 481. The van der Waals surface area contributed by atoms with Crippen LogP contribution >= 0.6 is 22.9 Å². The van der Waals surface area contributed by atoms with E-state index in [4.69, 9.17) is 11.6 Å². The van der Waals surface area contributed by atoms with Crippen LogP contribution in [0.15, 0.2) is 6.20 Å². The molecule has 0 N–H and O–H groups in total. The molecule has 8 heteroatoms. The molecule has 0 aliphatic carbocycles. The third-order valence-electron chi connectivity index (χ3n) is 1.38. The summed E-state index contributed by atoms with van der Waals surface area (Å²) in [5.41, 5.74) is -0.0256. The third-order valence-corrected chi connectivity index (χ3v) is 2.46. The van der Waals surface area contributed by atoms with Gasteiger partial charge in [0, 0.05) is 0 Å². The van der Waals surface area contributed by atoms with E-state index in [2.05, 4.69) is 15.0 Å². The molecular weight excluding hydrogens is 239 g/mol. The summed E-state index contributed by atoms with van der Waals surface area (Å²) in [6.07, 6.45) is -3.49. The van der Waals surface area contributed by atoms with Crippen molar-refractivity contribution in [1.29, 1.82) is 0 Å². The summed E-state index contributed by atoms with van der Waals surface area (Å²) in [5.74, 6) is -1.20. The summed E-state index contributed by atoms with van der Waals surface area (Å²) in [7, 11) is 0. The molecule has 0 fully saturated rings. The fourth-order valence-electron chi connectivity index (χ4n) is 0.847. The second kappa shape index (κ2) is 3.03. The van der Waals surface area contributed by atoms with Crippen molar-refractivity contribution in [2.45, 2.75) is 6.18 Å². The van der Waals surface area contributed by atoms with Crippen molar-refractivity contribution >= 4 is 33.3 Å². The maximum absolute atomic E-state index is 12.1. The zero-order valence-corrected chi connectivity index (χ0v) is 7.91. The Balaban J connectivity index is 2.62. The summed E-state index contributed by atoms with van der Waals surface area (Å²) >= 11 is 6.54. The highest BCUT2D eigenvalue weighted by Crippen LogP contribution is 2.29. The van der Waals surface area contributed by atoms with Gasteiger partial charge >= 0.3 is 6.18 Å². The lowest BCUT2D eigenvalue weighted by atomic mass is 10.5. The average molecular weight is 240 g/mol. The van der Waals surface area contributed by atoms with E-state index in [9.17, 15) is 13.2 Å². The molecule has 0 spiro atoms. The molecule has 0 unspecified atom stereocenters. The second-order valence-corrected chi connectivity index (χ2v) is 3.96. The lowest BCUT2D eigenvalue weighted by molar-refractivity contribution is -0.144. The minimum atomic E-state index is -4.55. The predicted molar refractivity (Wildman–Crippen MR) is 45.2 cm³/mol. The Morgan fingerprint density at radius 1 is 1.29 bits per heavy atom. The van der Waals surface area contributed by atoms with E-state index in [0.29, 0.717) is 4.70 Å². The zero-order chi connectivity index (χ0) is 10.3. The summed E-state index contributed by atoms with van der Waals surface area (Å²) in [4.78, 5) is 10.0. The van der Waals surface area contributed by atoms with Gasteiger partial charge < -0.3 is 0 Å². The molecule has 2 rings (SSSR count). The van der Waals surface area contributed by atoms with Crippen LogP contribution < -0.4 is 0 Å². The molecule has 0 amide bonds. The fourth-order valence-corrected chi connectivity index (χ4v) is 1.78. The minimum Gasteiger partial charge on any atom is -0.231 e. The molecule has 74 valence electrons. The number of hydrogen-bond donors (Lipinski definition) is 0. The van der Waals surface area contributed by atoms with E-state index in [0.717, 1.165) is 17.5 Å². The zero-order valence-electron chi connectivity index (χ0n) is 6.34. The second-order valence-electron chi connectivity index (χ2n) is 2.35. The largest absolute Gasteiger partial charge is 0.451 e. The SMILES string of the molecule is FC(F)(F)c1ncc2sc(Cl)nc2n1. The van der Waals surface area contributed by atoms with Gasteiger partial charge in [-0.1, -0.05) is 22.9 Å². The monoisotopic (exact) mass is 239 g/mol. The molecule has 0 aromatic carbocycles. The maximum Gasteiger partial charge on any atom is 0.451 e. The van der Waals surface area contributed by atoms with Gasteiger partial charge in [0.05, 0.1) is 10.9 Å². The topological polar surface area (TPSA) is 38.7 Å². The molecule has 2 heterocycles. The van der Waals surface area contributed by atoms with E-state index in [1.807, 2.05) is 0 Å². The third kappa shape index (κ3) is 1.64. The van der Waals surface area contributed by atoms with Crippen LogP contribution in [0.25, 0.3) is 10.3 Å². The van der Waals surface area contributed by atoms with Gasteiger partial charge in [0.25, 0.3) is 0 Å². The van der Waals surface area contributed by atoms with E-state index in [-0.39, 0.29) is 10.1 Å². The van der Waals surface area contributed by atoms with Crippen LogP contribution in [0, 0.1) is 0 Å². The fraction of sp³-hybridized carbons (Fsp3) is 0.167. The quantitative estimate of drug-likeness (QED) is 0.710. The van der Waals surface area contributed by atoms with Crippen molar-refractivity contribution < 1.29 is 13.2 Å². The Hall–Kier alpha value is -0.950. The first kappa shape index (κ1) is 9.60. The van der Waals surface area contributed by atoms with Crippen molar-refractivity contribution in [3.05, 3.63) is 16.5 Å². The molecule has 0 saturated carbocycles. The van der Waals surface area contributed by atoms with Crippen LogP contribution in [-0.2, 0) is 6.18 Å². The minimum absolute atomic E-state index is 0.0256. The number of rotatable bonds is 0. The molecule has 3 nitrogen and oxygen atoms in total. The molecule has 0 atom stereocenters. The van der Waals surface area contributed by atoms with Crippen molar-refractivity contribution in [2.75, 3.05) is 0 Å². The lowest BCUT2D eigenvalue weighted by Crippen LogP contribution is -2.10. The van der Waals surface area contributed by atoms with Gasteiger partial charge in [0.2, 0.25) is 5.82 Å². The first-order valence-corrected chi connectivity index (χ1v) is 4.52. The average Bonchev–Trinajstić information content (AvgIpc) is 2.41. The molecule has 0 aliphatic rings. The number of hydrogen-bond acceptors (Lipinski definition) is 4. The number of fused-ring (bicyclic) bond motifs is 1. The van der Waals surface area contributed by atoms with Gasteiger partial charge in [-0.15, -0.1) is 0 Å². The molecule has 14 heavy (non-hydrogen) atoms. The highest BCUT2D eigenvalue weighted by Gasteiger charge is 2.34. The van der Waals surface area contributed by atoms with Gasteiger partial charge in [-0.2, -0.15) is 13.2 Å². The summed E-state index contributed by atoms with van der Waals surface area (Å²) in [6.45, 7) is 0. The van der Waals surface area contributed by atoms with Crippen LogP contribution in [0.5, 0.6) is 0 Å². The van der Waals surface area contributed by atoms with Gasteiger partial charge in [-0.05, 0) is 0 Å². The van der Waals surface area contributed by atoms with Crippen molar-refractivity contribution in [3.8, 4) is 0 Å². The number of thiazole rings is 1. The van der Waals surface area contributed by atoms with Crippen molar-refractivity contribution in [1.82, 2.24) is 15.0 Å². The van der Waals surface area contributed by atoms with Crippen molar-refractivity contribution in [3.63, 3.8) is 0 Å². The van der Waals surface area contributed by atoms with Gasteiger partial charge in [0.1, 0.15) is 0 Å². The predicted octanol–water partition coefficient (Wildman–Crippen LogP) is 2.76. The van der Waals surface area contributed by atoms with Crippen LogP contribution in [0.1, 0.15) is 5.82 Å². The molecule has 0 bridgehead atoms. The highest BCUT2D eigenvalue weighted by atomic mass is 35.5. The Labute approximate surface area is 84.6 Å². The van der Waals surface area contributed by atoms with E-state index < -0.39 is 12.0 Å². The molecule has 2 aromatic rings. The van der Waals surface area contributed by atoms with Gasteiger partial charge in [0.15, 0.2) is 10.1 Å². The normalized spacial score (nSPS) is 12.3. The first-order valence-electron chi connectivity index (χ1n) is 3.33. The summed E-state index contributed by atoms with van der Waals surface area (Å²) in [6, 6.07) is 0. The Kier molecular flexibility index (Phi) is 2.07. The summed E-state index contributed by atoms with van der Waals surface area (Å²) < 4.78 is 37.0.